The lowest BCUT2D eigenvalue weighted by Gasteiger charge is -2.33. The SMILES string of the molecule is Cc1cc(NN)c(C(=O)N2CCCC(CCO)C2)cn1. The zero-order valence-electron chi connectivity index (χ0n) is 11.8. The Morgan fingerprint density at radius 2 is 2.45 bits per heavy atom. The number of carbonyl (C=O) groups excluding carboxylic acids is 1. The maximum absolute atomic E-state index is 12.6. The van der Waals surface area contributed by atoms with E-state index in [-0.39, 0.29) is 12.5 Å². The van der Waals surface area contributed by atoms with Gasteiger partial charge in [0.25, 0.3) is 5.91 Å². The molecule has 110 valence electrons. The summed E-state index contributed by atoms with van der Waals surface area (Å²) >= 11 is 0. The second-order valence-corrected chi connectivity index (χ2v) is 5.29. The number of aliphatic hydroxyl groups excluding tert-OH is 1. The molecule has 1 atom stereocenters. The molecule has 1 fully saturated rings. The van der Waals surface area contributed by atoms with E-state index in [9.17, 15) is 4.79 Å². The first-order valence-corrected chi connectivity index (χ1v) is 6.99. The first kappa shape index (κ1) is 14.7. The van der Waals surface area contributed by atoms with E-state index in [4.69, 9.17) is 10.9 Å². The van der Waals surface area contributed by atoms with Gasteiger partial charge in [0.15, 0.2) is 0 Å². The maximum Gasteiger partial charge on any atom is 0.257 e. The number of rotatable bonds is 4. The average molecular weight is 278 g/mol. The van der Waals surface area contributed by atoms with Crippen molar-refractivity contribution in [3.05, 3.63) is 23.5 Å². The van der Waals surface area contributed by atoms with Crippen LogP contribution in [0.15, 0.2) is 12.3 Å². The summed E-state index contributed by atoms with van der Waals surface area (Å²) in [4.78, 5) is 18.6. The number of aryl methyl sites for hydroxylation is 1. The standard InChI is InChI=1S/C14H22N4O2/c1-10-7-13(17-15)12(8-16-10)14(20)18-5-2-3-11(9-18)4-6-19/h7-8,11,19H,2-6,9,15H2,1H3,(H,16,17). The van der Waals surface area contributed by atoms with Gasteiger partial charge in [0.05, 0.1) is 11.3 Å². The van der Waals surface area contributed by atoms with Crippen molar-refractivity contribution in [3.8, 4) is 0 Å². The number of piperidine rings is 1. The minimum absolute atomic E-state index is 0.0481. The molecule has 1 aromatic rings. The Kier molecular flexibility index (Phi) is 4.92. The highest BCUT2D eigenvalue weighted by molar-refractivity contribution is 5.99. The van der Waals surface area contributed by atoms with Gasteiger partial charge in [-0.05, 0) is 38.2 Å². The van der Waals surface area contributed by atoms with Crippen molar-refractivity contribution in [2.45, 2.75) is 26.2 Å². The molecule has 6 heteroatoms. The number of pyridine rings is 1. The van der Waals surface area contributed by atoms with Gasteiger partial charge >= 0.3 is 0 Å². The molecule has 0 spiro atoms. The van der Waals surface area contributed by atoms with Gasteiger partial charge in [-0.3, -0.25) is 15.6 Å². The minimum Gasteiger partial charge on any atom is -0.396 e. The summed E-state index contributed by atoms with van der Waals surface area (Å²) in [5.74, 6) is 5.81. The quantitative estimate of drug-likeness (QED) is 0.562. The number of aromatic nitrogens is 1. The fourth-order valence-corrected chi connectivity index (χ4v) is 2.69. The summed E-state index contributed by atoms with van der Waals surface area (Å²) in [7, 11) is 0. The molecule has 1 amide bonds. The highest BCUT2D eigenvalue weighted by atomic mass is 16.3. The van der Waals surface area contributed by atoms with Crippen molar-refractivity contribution in [1.82, 2.24) is 9.88 Å². The first-order chi connectivity index (χ1) is 9.65. The largest absolute Gasteiger partial charge is 0.396 e. The molecule has 1 unspecified atom stereocenters. The van der Waals surface area contributed by atoms with Crippen LogP contribution in [-0.4, -0.2) is 40.6 Å². The Balaban J connectivity index is 2.14. The number of aliphatic hydroxyl groups is 1. The van der Waals surface area contributed by atoms with Gasteiger partial charge in [-0.2, -0.15) is 0 Å². The van der Waals surface area contributed by atoms with E-state index in [1.807, 2.05) is 11.8 Å². The molecule has 2 heterocycles. The van der Waals surface area contributed by atoms with Gasteiger partial charge in [0, 0.05) is 31.6 Å². The van der Waals surface area contributed by atoms with E-state index >= 15 is 0 Å². The molecular formula is C14H22N4O2. The molecule has 0 aliphatic carbocycles. The van der Waals surface area contributed by atoms with E-state index in [1.54, 1.807) is 12.3 Å². The van der Waals surface area contributed by atoms with Crippen molar-refractivity contribution in [1.29, 1.82) is 0 Å². The van der Waals surface area contributed by atoms with Gasteiger partial charge in [-0.15, -0.1) is 0 Å². The number of carbonyl (C=O) groups is 1. The molecule has 2 rings (SSSR count). The fourth-order valence-electron chi connectivity index (χ4n) is 2.69. The lowest BCUT2D eigenvalue weighted by Crippen LogP contribution is -2.40. The van der Waals surface area contributed by atoms with Crippen LogP contribution in [0.2, 0.25) is 0 Å². The topological polar surface area (TPSA) is 91.5 Å². The third-order valence-corrected chi connectivity index (χ3v) is 3.77. The molecule has 0 aromatic carbocycles. The van der Waals surface area contributed by atoms with Gasteiger partial charge in [-0.25, -0.2) is 0 Å². The molecule has 0 radical (unpaired) electrons. The lowest BCUT2D eigenvalue weighted by atomic mass is 9.94. The van der Waals surface area contributed by atoms with Gasteiger partial charge in [-0.1, -0.05) is 0 Å². The number of likely N-dealkylation sites (tertiary alicyclic amines) is 1. The van der Waals surface area contributed by atoms with Crippen LogP contribution >= 0.6 is 0 Å². The Morgan fingerprint density at radius 3 is 3.15 bits per heavy atom. The summed E-state index contributed by atoms with van der Waals surface area (Å²) in [5, 5.41) is 9.03. The average Bonchev–Trinajstić information content (AvgIpc) is 2.47. The molecule has 1 aliphatic heterocycles. The van der Waals surface area contributed by atoms with Crippen molar-refractivity contribution in [3.63, 3.8) is 0 Å². The van der Waals surface area contributed by atoms with Gasteiger partial charge in [0.1, 0.15) is 0 Å². The molecule has 1 saturated heterocycles. The number of nitrogens with one attached hydrogen (secondary N) is 1. The van der Waals surface area contributed by atoms with Crippen LogP contribution < -0.4 is 11.3 Å². The molecule has 1 aromatic heterocycles. The van der Waals surface area contributed by atoms with Crippen LogP contribution in [-0.2, 0) is 0 Å². The van der Waals surface area contributed by atoms with E-state index in [1.165, 1.54) is 0 Å². The number of hydrazine groups is 1. The van der Waals surface area contributed by atoms with E-state index in [2.05, 4.69) is 10.4 Å². The number of hydrogen-bond donors (Lipinski definition) is 3. The molecule has 0 saturated carbocycles. The van der Waals surface area contributed by atoms with Crippen LogP contribution in [0, 0.1) is 12.8 Å². The Morgan fingerprint density at radius 1 is 1.65 bits per heavy atom. The zero-order chi connectivity index (χ0) is 14.5. The Bertz CT molecular complexity index is 476. The van der Waals surface area contributed by atoms with Gasteiger partial charge in [0.2, 0.25) is 0 Å². The molecule has 4 N–H and O–H groups in total. The van der Waals surface area contributed by atoms with E-state index in [0.29, 0.717) is 23.7 Å². The molecular weight excluding hydrogens is 256 g/mol. The van der Waals surface area contributed by atoms with E-state index < -0.39 is 0 Å². The number of nitrogens with two attached hydrogens (primary N) is 1. The van der Waals surface area contributed by atoms with Crippen LogP contribution in [0.5, 0.6) is 0 Å². The molecule has 20 heavy (non-hydrogen) atoms. The highest BCUT2D eigenvalue weighted by Crippen LogP contribution is 2.23. The molecule has 0 bridgehead atoms. The predicted molar refractivity (Wildman–Crippen MR) is 77.1 cm³/mol. The summed E-state index contributed by atoms with van der Waals surface area (Å²) in [6.07, 6.45) is 4.36. The summed E-state index contributed by atoms with van der Waals surface area (Å²) in [6, 6.07) is 1.77. The Hall–Kier alpha value is -1.66. The number of nitrogens with zero attached hydrogens (tertiary/aromatic N) is 2. The van der Waals surface area contributed by atoms with Crippen LogP contribution in [0.4, 0.5) is 5.69 Å². The summed E-state index contributed by atoms with van der Waals surface area (Å²) in [5.41, 5.74) is 4.48. The maximum atomic E-state index is 12.6. The summed E-state index contributed by atoms with van der Waals surface area (Å²) in [6.45, 7) is 3.47. The predicted octanol–water partition coefficient (Wildman–Crippen LogP) is 0.910. The number of hydrogen-bond acceptors (Lipinski definition) is 5. The second-order valence-electron chi connectivity index (χ2n) is 5.29. The normalized spacial score (nSPS) is 18.9. The number of anilines is 1. The van der Waals surface area contributed by atoms with Crippen molar-refractivity contribution in [2.24, 2.45) is 11.8 Å². The second kappa shape index (κ2) is 6.67. The summed E-state index contributed by atoms with van der Waals surface area (Å²) < 4.78 is 0. The fraction of sp³-hybridized carbons (Fsp3) is 0.571. The van der Waals surface area contributed by atoms with Gasteiger partial charge < -0.3 is 15.4 Å². The third kappa shape index (κ3) is 3.26. The van der Waals surface area contributed by atoms with Crippen LogP contribution in [0.1, 0.15) is 35.3 Å². The minimum atomic E-state index is -0.0481. The van der Waals surface area contributed by atoms with Crippen molar-refractivity contribution in [2.75, 3.05) is 25.1 Å². The number of amides is 1. The van der Waals surface area contributed by atoms with Crippen LogP contribution in [0.3, 0.4) is 0 Å². The first-order valence-electron chi connectivity index (χ1n) is 6.99. The van der Waals surface area contributed by atoms with Crippen molar-refractivity contribution >= 4 is 11.6 Å². The van der Waals surface area contributed by atoms with Crippen LogP contribution in [0.25, 0.3) is 0 Å². The smallest absolute Gasteiger partial charge is 0.257 e. The highest BCUT2D eigenvalue weighted by Gasteiger charge is 2.25. The lowest BCUT2D eigenvalue weighted by molar-refractivity contribution is 0.0654. The molecule has 1 aliphatic rings. The zero-order valence-corrected chi connectivity index (χ0v) is 11.8. The van der Waals surface area contributed by atoms with E-state index in [0.717, 1.165) is 31.5 Å². The molecule has 6 nitrogen and oxygen atoms in total. The third-order valence-electron chi connectivity index (χ3n) is 3.77. The monoisotopic (exact) mass is 278 g/mol. The van der Waals surface area contributed by atoms with Crippen molar-refractivity contribution < 1.29 is 9.90 Å². The number of nitrogen functional groups attached to an aromatic ring is 1. The Labute approximate surface area is 119 Å².